The smallest absolute Gasteiger partial charge is 0.265 e. The number of carbonyl (C=O) groups is 1. The first-order valence-corrected chi connectivity index (χ1v) is 9.00. The lowest BCUT2D eigenvalue weighted by Crippen LogP contribution is -2.47. The fourth-order valence-corrected chi connectivity index (χ4v) is 4.12. The molecule has 2 saturated heterocycles. The van der Waals surface area contributed by atoms with E-state index in [1.807, 2.05) is 36.4 Å². The molecule has 2 fully saturated rings. The number of methoxy groups -OCH3 is 1. The van der Waals surface area contributed by atoms with Gasteiger partial charge in [-0.1, -0.05) is 42.5 Å². The highest BCUT2D eigenvalue weighted by Crippen LogP contribution is 2.46. The van der Waals surface area contributed by atoms with Gasteiger partial charge < -0.3 is 9.64 Å². The number of hydrogen-bond acceptors (Lipinski definition) is 3. The van der Waals surface area contributed by atoms with Crippen LogP contribution < -0.4 is 4.74 Å². The van der Waals surface area contributed by atoms with Gasteiger partial charge in [0.15, 0.2) is 5.67 Å². The number of halogens is 2. The highest BCUT2D eigenvalue weighted by atomic mass is 19.2. The van der Waals surface area contributed by atoms with Gasteiger partial charge in [-0.05, 0) is 23.3 Å². The number of carbonyl (C=O) groups excluding carboxylic acids is 1. The van der Waals surface area contributed by atoms with Crippen LogP contribution in [-0.2, 0) is 17.9 Å². The van der Waals surface area contributed by atoms with Crippen LogP contribution in [0.4, 0.5) is 8.78 Å². The molecular formula is C21H22F2N2O2. The van der Waals surface area contributed by atoms with E-state index in [2.05, 4.69) is 0 Å². The van der Waals surface area contributed by atoms with Crippen molar-refractivity contribution >= 4 is 5.91 Å². The maximum absolute atomic E-state index is 15.5. The van der Waals surface area contributed by atoms with E-state index in [1.54, 1.807) is 30.2 Å². The number of likely N-dealkylation sites (tertiary alicyclic amines) is 2. The van der Waals surface area contributed by atoms with Crippen LogP contribution in [0.1, 0.15) is 11.1 Å². The van der Waals surface area contributed by atoms with Crippen molar-refractivity contribution in [1.82, 2.24) is 9.80 Å². The molecule has 2 atom stereocenters. The summed E-state index contributed by atoms with van der Waals surface area (Å²) in [5.74, 6) is -0.110. The summed E-state index contributed by atoms with van der Waals surface area (Å²) < 4.78 is 36.1. The van der Waals surface area contributed by atoms with E-state index in [0.717, 1.165) is 11.1 Å². The normalized spacial score (nSPS) is 27.8. The standard InChI is InChI=1S/C21H22F2N2O2/c1-27-18-9-5-8-17(10-18)12-25-14-20(22)13-24(15-21(20,23)19(25)26)11-16-6-3-2-4-7-16/h2-10H,11-15H2,1H3/t20-,21+/m0/s1. The SMILES string of the molecule is COc1cccc(CN2C[C@@]3(F)CN(Cc4ccccc4)C[C@@]3(F)C2=O)c1. The first kappa shape index (κ1) is 17.9. The van der Waals surface area contributed by atoms with Crippen LogP contribution in [0.3, 0.4) is 0 Å². The number of fused-ring (bicyclic) bond motifs is 1. The highest BCUT2D eigenvalue weighted by molar-refractivity contribution is 5.90. The molecule has 1 amide bonds. The van der Waals surface area contributed by atoms with Crippen LogP contribution in [0.15, 0.2) is 54.6 Å². The number of amides is 1. The molecule has 142 valence electrons. The van der Waals surface area contributed by atoms with Gasteiger partial charge in [0.2, 0.25) is 5.67 Å². The van der Waals surface area contributed by atoms with E-state index in [4.69, 9.17) is 4.74 Å². The third-order valence-electron chi connectivity index (χ3n) is 5.45. The van der Waals surface area contributed by atoms with Gasteiger partial charge in [0, 0.05) is 26.2 Å². The molecule has 4 rings (SSSR count). The second kappa shape index (κ2) is 6.60. The van der Waals surface area contributed by atoms with Crippen LogP contribution in [-0.4, -0.2) is 53.8 Å². The summed E-state index contributed by atoms with van der Waals surface area (Å²) in [6.45, 7) is 0.0722. The Labute approximate surface area is 157 Å². The quantitative estimate of drug-likeness (QED) is 0.809. The van der Waals surface area contributed by atoms with Gasteiger partial charge in [-0.25, -0.2) is 8.78 Å². The lowest BCUT2D eigenvalue weighted by Gasteiger charge is -2.22. The molecule has 0 saturated carbocycles. The molecule has 2 aliphatic heterocycles. The molecule has 0 N–H and O–H groups in total. The van der Waals surface area contributed by atoms with Crippen LogP contribution in [0.25, 0.3) is 0 Å². The van der Waals surface area contributed by atoms with Gasteiger partial charge in [0.1, 0.15) is 5.75 Å². The predicted molar refractivity (Wildman–Crippen MR) is 97.8 cm³/mol. The molecule has 0 radical (unpaired) electrons. The summed E-state index contributed by atoms with van der Waals surface area (Å²) in [5.41, 5.74) is -2.90. The summed E-state index contributed by atoms with van der Waals surface area (Å²) in [5, 5.41) is 0. The van der Waals surface area contributed by atoms with Gasteiger partial charge in [0.25, 0.3) is 5.91 Å². The fourth-order valence-electron chi connectivity index (χ4n) is 4.12. The minimum Gasteiger partial charge on any atom is -0.497 e. The van der Waals surface area contributed by atoms with Gasteiger partial charge >= 0.3 is 0 Å². The number of nitrogens with zero attached hydrogens (tertiary/aromatic N) is 2. The second-order valence-corrected chi connectivity index (χ2v) is 7.41. The Hall–Kier alpha value is -2.47. The second-order valence-electron chi connectivity index (χ2n) is 7.41. The molecule has 0 unspecified atom stereocenters. The summed E-state index contributed by atoms with van der Waals surface area (Å²) in [6, 6.07) is 16.7. The summed E-state index contributed by atoms with van der Waals surface area (Å²) >= 11 is 0. The molecule has 2 aromatic rings. The summed E-state index contributed by atoms with van der Waals surface area (Å²) in [6.07, 6.45) is 0. The minimum atomic E-state index is -2.49. The number of ether oxygens (including phenoxy) is 1. The van der Waals surface area contributed by atoms with E-state index in [1.165, 1.54) is 4.90 Å². The first-order chi connectivity index (χ1) is 12.9. The molecule has 2 aromatic carbocycles. The van der Waals surface area contributed by atoms with Gasteiger partial charge in [0.05, 0.1) is 13.7 Å². The Bertz CT molecular complexity index is 847. The molecule has 0 aliphatic carbocycles. The largest absolute Gasteiger partial charge is 0.497 e. The van der Waals surface area contributed by atoms with Crippen molar-refractivity contribution in [2.24, 2.45) is 0 Å². The van der Waals surface area contributed by atoms with Crippen LogP contribution >= 0.6 is 0 Å². The zero-order valence-corrected chi connectivity index (χ0v) is 15.2. The van der Waals surface area contributed by atoms with Crippen molar-refractivity contribution in [1.29, 1.82) is 0 Å². The Morgan fingerprint density at radius 2 is 1.70 bits per heavy atom. The monoisotopic (exact) mass is 372 g/mol. The molecule has 27 heavy (non-hydrogen) atoms. The Kier molecular flexibility index (Phi) is 4.38. The molecule has 2 heterocycles. The third kappa shape index (κ3) is 3.08. The maximum atomic E-state index is 15.5. The molecule has 0 bridgehead atoms. The molecular weight excluding hydrogens is 350 g/mol. The molecule has 4 nitrogen and oxygen atoms in total. The van der Waals surface area contributed by atoms with Crippen molar-refractivity contribution in [2.45, 2.75) is 24.4 Å². The van der Waals surface area contributed by atoms with Crippen molar-refractivity contribution in [3.63, 3.8) is 0 Å². The number of hydrogen-bond donors (Lipinski definition) is 0. The maximum Gasteiger partial charge on any atom is 0.265 e. The van der Waals surface area contributed by atoms with Crippen LogP contribution in [0.5, 0.6) is 5.75 Å². The van der Waals surface area contributed by atoms with Crippen LogP contribution in [0.2, 0.25) is 0 Å². The average molecular weight is 372 g/mol. The van der Waals surface area contributed by atoms with Crippen molar-refractivity contribution in [3.8, 4) is 5.75 Å². The highest BCUT2D eigenvalue weighted by Gasteiger charge is 2.70. The first-order valence-electron chi connectivity index (χ1n) is 9.00. The molecule has 2 aliphatic rings. The minimum absolute atomic E-state index is 0.0846. The Morgan fingerprint density at radius 3 is 2.41 bits per heavy atom. The fraction of sp³-hybridized carbons (Fsp3) is 0.381. The van der Waals surface area contributed by atoms with E-state index in [-0.39, 0.29) is 26.2 Å². The lowest BCUT2D eigenvalue weighted by molar-refractivity contribution is -0.139. The van der Waals surface area contributed by atoms with Gasteiger partial charge in [-0.15, -0.1) is 0 Å². The van der Waals surface area contributed by atoms with E-state index < -0.39 is 17.2 Å². The predicted octanol–water partition coefficient (Wildman–Crippen LogP) is 2.97. The number of rotatable bonds is 5. The van der Waals surface area contributed by atoms with Crippen LogP contribution in [0, 0.1) is 0 Å². The molecule has 6 heteroatoms. The van der Waals surface area contributed by atoms with E-state index >= 15 is 8.78 Å². The Morgan fingerprint density at radius 1 is 0.963 bits per heavy atom. The summed E-state index contributed by atoms with van der Waals surface area (Å²) in [4.78, 5) is 15.7. The lowest BCUT2D eigenvalue weighted by atomic mass is 9.93. The van der Waals surface area contributed by atoms with Crippen molar-refractivity contribution < 1.29 is 18.3 Å². The third-order valence-corrected chi connectivity index (χ3v) is 5.45. The average Bonchev–Trinajstić information content (AvgIpc) is 3.01. The van der Waals surface area contributed by atoms with E-state index in [0.29, 0.717) is 12.3 Å². The Balaban J connectivity index is 1.49. The molecule has 0 aromatic heterocycles. The van der Waals surface area contributed by atoms with E-state index in [9.17, 15) is 4.79 Å². The zero-order chi connectivity index (χ0) is 19.1. The zero-order valence-electron chi connectivity index (χ0n) is 15.2. The number of alkyl halides is 2. The topological polar surface area (TPSA) is 32.8 Å². The number of benzene rings is 2. The summed E-state index contributed by atoms with van der Waals surface area (Å²) in [7, 11) is 1.55. The van der Waals surface area contributed by atoms with Crippen molar-refractivity contribution in [3.05, 3.63) is 65.7 Å². The van der Waals surface area contributed by atoms with Crippen molar-refractivity contribution in [2.75, 3.05) is 26.7 Å². The molecule has 0 spiro atoms. The van der Waals surface area contributed by atoms with Gasteiger partial charge in [-0.3, -0.25) is 9.69 Å². The van der Waals surface area contributed by atoms with Gasteiger partial charge in [-0.2, -0.15) is 0 Å².